The van der Waals surface area contributed by atoms with Gasteiger partial charge in [0.25, 0.3) is 0 Å². The van der Waals surface area contributed by atoms with Crippen LogP contribution in [0.25, 0.3) is 0 Å². The molecule has 0 fully saturated rings. The second kappa shape index (κ2) is 8.04. The molecule has 0 spiro atoms. The lowest BCUT2D eigenvalue weighted by Crippen LogP contribution is -2.31. The molecule has 0 atom stereocenters. The van der Waals surface area contributed by atoms with Gasteiger partial charge in [-0.1, -0.05) is 0 Å². The van der Waals surface area contributed by atoms with Crippen LogP contribution in [-0.4, -0.2) is 55.7 Å². The summed E-state index contributed by atoms with van der Waals surface area (Å²) in [5.74, 6) is -1.72. The van der Waals surface area contributed by atoms with Crippen LogP contribution in [0.3, 0.4) is 0 Å². The van der Waals surface area contributed by atoms with Gasteiger partial charge in [0, 0.05) is 20.0 Å². The van der Waals surface area contributed by atoms with Crippen LogP contribution in [0, 0.1) is 0 Å². The van der Waals surface area contributed by atoms with Gasteiger partial charge in [0.15, 0.2) is 0 Å². The fourth-order valence-electron chi connectivity index (χ4n) is 1.18. The number of carboxylic acid groups (broad SMARTS) is 1. The van der Waals surface area contributed by atoms with Gasteiger partial charge < -0.3 is 9.84 Å². The Morgan fingerprint density at radius 2 is 1.89 bits per heavy atom. The zero-order chi connectivity index (χ0) is 14.2. The maximum atomic E-state index is 11.7. The van der Waals surface area contributed by atoms with Crippen molar-refractivity contribution >= 4 is 22.0 Å². The van der Waals surface area contributed by atoms with E-state index in [1.165, 1.54) is 7.05 Å². The smallest absolute Gasteiger partial charge is 0.307 e. The van der Waals surface area contributed by atoms with E-state index in [4.69, 9.17) is 5.11 Å². The van der Waals surface area contributed by atoms with Crippen LogP contribution < -0.4 is 0 Å². The van der Waals surface area contributed by atoms with Gasteiger partial charge in [-0.2, -0.15) is 0 Å². The van der Waals surface area contributed by atoms with E-state index < -0.39 is 22.0 Å². The van der Waals surface area contributed by atoms with Crippen molar-refractivity contribution < 1.29 is 27.9 Å². The van der Waals surface area contributed by atoms with Gasteiger partial charge in [-0.3, -0.25) is 9.59 Å². The van der Waals surface area contributed by atoms with Gasteiger partial charge >= 0.3 is 11.9 Å². The topological polar surface area (TPSA) is 101 Å². The van der Waals surface area contributed by atoms with E-state index in [1.54, 1.807) is 6.92 Å². The van der Waals surface area contributed by atoms with E-state index in [-0.39, 0.29) is 38.2 Å². The standard InChI is InChI=1S/C10H19NO6S/c1-3-17-10(14)6-7-11(2)18(15,16)8-4-5-9(12)13/h3-8H2,1-2H3,(H,12,13). The molecule has 0 aromatic rings. The predicted molar refractivity (Wildman–Crippen MR) is 64.5 cm³/mol. The Morgan fingerprint density at radius 1 is 1.28 bits per heavy atom. The molecular formula is C10H19NO6S. The van der Waals surface area contributed by atoms with Crippen LogP contribution in [0.5, 0.6) is 0 Å². The normalized spacial score (nSPS) is 11.5. The minimum Gasteiger partial charge on any atom is -0.481 e. The number of rotatable bonds is 9. The Balaban J connectivity index is 4.10. The Bertz CT molecular complexity index is 378. The minimum absolute atomic E-state index is 0.0114. The number of carboxylic acids is 1. The number of nitrogens with zero attached hydrogens (tertiary/aromatic N) is 1. The van der Waals surface area contributed by atoms with Gasteiger partial charge in [0.05, 0.1) is 18.8 Å². The number of sulfonamides is 1. The average molecular weight is 281 g/mol. The Labute approximate surface area is 107 Å². The molecule has 0 rings (SSSR count). The number of esters is 1. The van der Waals surface area contributed by atoms with Crippen molar-refractivity contribution in [3.8, 4) is 0 Å². The summed E-state index contributed by atoms with van der Waals surface area (Å²) < 4.78 is 29.1. The average Bonchev–Trinajstić information content (AvgIpc) is 2.25. The van der Waals surface area contributed by atoms with Crippen LogP contribution in [0.2, 0.25) is 0 Å². The van der Waals surface area contributed by atoms with E-state index in [1.807, 2.05) is 0 Å². The summed E-state index contributed by atoms with van der Waals surface area (Å²) in [7, 11) is -2.15. The van der Waals surface area contributed by atoms with Gasteiger partial charge in [0.2, 0.25) is 10.0 Å². The molecule has 0 heterocycles. The SMILES string of the molecule is CCOC(=O)CCN(C)S(=O)(=O)CCCC(=O)O. The molecule has 0 aliphatic heterocycles. The molecule has 7 nitrogen and oxygen atoms in total. The number of hydrogen-bond donors (Lipinski definition) is 1. The monoisotopic (exact) mass is 281 g/mol. The van der Waals surface area contributed by atoms with Crippen molar-refractivity contribution in [2.24, 2.45) is 0 Å². The highest BCUT2D eigenvalue weighted by Crippen LogP contribution is 2.04. The summed E-state index contributed by atoms with van der Waals surface area (Å²) in [6.07, 6.45) is -0.144. The molecule has 0 aliphatic rings. The van der Waals surface area contributed by atoms with Crippen molar-refractivity contribution in [2.45, 2.75) is 26.2 Å². The summed E-state index contributed by atoms with van der Waals surface area (Å²) >= 11 is 0. The van der Waals surface area contributed by atoms with Crippen molar-refractivity contribution in [2.75, 3.05) is 26.0 Å². The summed E-state index contributed by atoms with van der Waals surface area (Å²) in [6.45, 7) is 1.96. The highest BCUT2D eigenvalue weighted by atomic mass is 32.2. The van der Waals surface area contributed by atoms with Crippen LogP contribution in [0.1, 0.15) is 26.2 Å². The van der Waals surface area contributed by atoms with Crippen LogP contribution in [0.4, 0.5) is 0 Å². The summed E-state index contributed by atoms with van der Waals surface area (Å²) in [5.41, 5.74) is 0. The quantitative estimate of drug-likeness (QED) is 0.600. The van der Waals surface area contributed by atoms with Crippen molar-refractivity contribution in [1.29, 1.82) is 0 Å². The van der Waals surface area contributed by atoms with E-state index in [0.29, 0.717) is 0 Å². The van der Waals surface area contributed by atoms with Crippen LogP contribution in [-0.2, 0) is 24.3 Å². The van der Waals surface area contributed by atoms with E-state index in [9.17, 15) is 18.0 Å². The van der Waals surface area contributed by atoms with Crippen molar-refractivity contribution in [3.05, 3.63) is 0 Å². The Hall–Kier alpha value is -1.15. The zero-order valence-corrected chi connectivity index (χ0v) is 11.4. The number of aliphatic carboxylic acids is 1. The fourth-order valence-corrected chi connectivity index (χ4v) is 2.37. The molecular weight excluding hydrogens is 262 g/mol. The third-order valence-corrected chi connectivity index (χ3v) is 4.14. The first kappa shape index (κ1) is 16.9. The third-order valence-electron chi connectivity index (χ3n) is 2.20. The molecule has 1 N–H and O–H groups in total. The van der Waals surface area contributed by atoms with Gasteiger partial charge in [-0.05, 0) is 13.3 Å². The highest BCUT2D eigenvalue weighted by molar-refractivity contribution is 7.89. The van der Waals surface area contributed by atoms with E-state index in [0.717, 1.165) is 4.31 Å². The lowest BCUT2D eigenvalue weighted by Gasteiger charge is -2.16. The second-order valence-corrected chi connectivity index (χ2v) is 5.89. The molecule has 0 saturated carbocycles. The van der Waals surface area contributed by atoms with E-state index in [2.05, 4.69) is 4.74 Å². The first-order valence-corrected chi connectivity index (χ1v) is 7.22. The Kier molecular flexibility index (Phi) is 7.53. The molecule has 0 aromatic carbocycles. The minimum atomic E-state index is -3.50. The van der Waals surface area contributed by atoms with E-state index >= 15 is 0 Å². The molecule has 0 radical (unpaired) electrons. The summed E-state index contributed by atoms with van der Waals surface area (Å²) in [6, 6.07) is 0. The zero-order valence-electron chi connectivity index (χ0n) is 10.6. The second-order valence-electron chi connectivity index (χ2n) is 3.69. The largest absolute Gasteiger partial charge is 0.481 e. The Morgan fingerprint density at radius 3 is 2.39 bits per heavy atom. The maximum absolute atomic E-state index is 11.7. The number of carbonyl (C=O) groups excluding carboxylic acids is 1. The van der Waals surface area contributed by atoms with Crippen LogP contribution in [0.15, 0.2) is 0 Å². The van der Waals surface area contributed by atoms with Gasteiger partial charge in [-0.25, -0.2) is 12.7 Å². The van der Waals surface area contributed by atoms with Gasteiger partial charge in [0.1, 0.15) is 0 Å². The summed E-state index contributed by atoms with van der Waals surface area (Å²) in [4.78, 5) is 21.3. The number of hydrogen-bond acceptors (Lipinski definition) is 5. The lowest BCUT2D eigenvalue weighted by atomic mass is 10.3. The highest BCUT2D eigenvalue weighted by Gasteiger charge is 2.18. The molecule has 8 heteroatoms. The molecule has 0 bridgehead atoms. The molecule has 0 aromatic heterocycles. The van der Waals surface area contributed by atoms with Crippen molar-refractivity contribution in [3.63, 3.8) is 0 Å². The maximum Gasteiger partial charge on any atom is 0.307 e. The molecule has 106 valence electrons. The third kappa shape index (κ3) is 7.23. The predicted octanol–water partition coefficient (Wildman–Crippen LogP) is 0.0660. The lowest BCUT2D eigenvalue weighted by molar-refractivity contribution is -0.143. The van der Waals surface area contributed by atoms with Gasteiger partial charge in [-0.15, -0.1) is 0 Å². The molecule has 0 aliphatic carbocycles. The fraction of sp³-hybridized carbons (Fsp3) is 0.800. The summed E-state index contributed by atoms with van der Waals surface area (Å²) in [5, 5.41) is 8.41. The van der Waals surface area contributed by atoms with Crippen molar-refractivity contribution in [1.82, 2.24) is 4.31 Å². The number of ether oxygens (including phenoxy) is 1. The first-order chi connectivity index (χ1) is 8.29. The number of carbonyl (C=O) groups is 2. The van der Waals surface area contributed by atoms with Crippen LogP contribution >= 0.6 is 0 Å². The first-order valence-electron chi connectivity index (χ1n) is 5.61. The molecule has 18 heavy (non-hydrogen) atoms. The molecule has 0 unspecified atom stereocenters. The molecule has 0 saturated heterocycles. The molecule has 0 amide bonds.